The molecule has 4 nitrogen and oxygen atoms in total. The van der Waals surface area contributed by atoms with E-state index in [1.54, 1.807) is 0 Å². The van der Waals surface area contributed by atoms with E-state index in [1.807, 2.05) is 60.7 Å². The van der Waals surface area contributed by atoms with Gasteiger partial charge in [0.05, 0.1) is 11.1 Å². The summed E-state index contributed by atoms with van der Waals surface area (Å²) in [6.07, 6.45) is 0.862. The number of fused-ring (bicyclic) bond motifs is 1. The summed E-state index contributed by atoms with van der Waals surface area (Å²) in [7, 11) is 0. The van der Waals surface area contributed by atoms with Crippen molar-refractivity contribution in [3.63, 3.8) is 0 Å². The second kappa shape index (κ2) is 8.48. The van der Waals surface area contributed by atoms with Gasteiger partial charge in [-0.15, -0.1) is 0 Å². The van der Waals surface area contributed by atoms with Crippen LogP contribution in [0.2, 0.25) is 0 Å². The molecule has 0 unspecified atom stereocenters. The summed E-state index contributed by atoms with van der Waals surface area (Å²) in [5.74, 6) is 0.242. The maximum atomic E-state index is 12.7. The van der Waals surface area contributed by atoms with E-state index in [1.165, 1.54) is 0 Å². The average molecular weight is 347 g/mol. The summed E-state index contributed by atoms with van der Waals surface area (Å²) in [5, 5.41) is 7.29. The molecular weight excluding hydrogens is 322 g/mol. The number of benzene rings is 2. The quantitative estimate of drug-likeness (QED) is 0.615. The maximum absolute atomic E-state index is 12.7. The minimum Gasteiger partial charge on any atom is -0.385 e. The highest BCUT2D eigenvalue weighted by atomic mass is 16.1. The van der Waals surface area contributed by atoms with E-state index in [0.717, 1.165) is 35.2 Å². The molecule has 134 valence electrons. The number of amides is 1. The third-order valence-corrected chi connectivity index (χ3v) is 4.31. The number of carbonyl (C=O) groups is 1. The number of hydrogen-bond acceptors (Lipinski definition) is 3. The predicted molar refractivity (Wildman–Crippen MR) is 108 cm³/mol. The van der Waals surface area contributed by atoms with Crippen LogP contribution in [0.5, 0.6) is 0 Å². The van der Waals surface area contributed by atoms with Crippen molar-refractivity contribution in [2.24, 2.45) is 0 Å². The molecule has 0 bridgehead atoms. The van der Waals surface area contributed by atoms with Gasteiger partial charge in [0.15, 0.2) is 0 Å². The Morgan fingerprint density at radius 3 is 2.50 bits per heavy atom. The Hall–Kier alpha value is -2.88. The van der Waals surface area contributed by atoms with E-state index < -0.39 is 0 Å². The standard InChI is InChI=1S/C22H25N3O/c1-16(2)21-15-19(18-11-6-7-12-20(18)25-21)22(26)24-14-8-13-23-17-9-4-3-5-10-17/h3-7,9-12,15-16,23H,8,13-14H2,1-2H3,(H,24,26). The normalized spacial score (nSPS) is 10.9. The van der Waals surface area contributed by atoms with E-state index in [9.17, 15) is 4.79 Å². The fourth-order valence-corrected chi connectivity index (χ4v) is 2.85. The molecule has 2 aromatic carbocycles. The molecule has 0 aliphatic heterocycles. The van der Waals surface area contributed by atoms with Crippen LogP contribution in [0, 0.1) is 0 Å². The molecule has 0 aliphatic rings. The Balaban J connectivity index is 1.62. The van der Waals surface area contributed by atoms with Crippen molar-refractivity contribution in [1.29, 1.82) is 0 Å². The lowest BCUT2D eigenvalue weighted by Crippen LogP contribution is -2.26. The molecule has 0 radical (unpaired) electrons. The van der Waals surface area contributed by atoms with Gasteiger partial charge in [-0.05, 0) is 36.6 Å². The van der Waals surface area contributed by atoms with Crippen molar-refractivity contribution in [2.75, 3.05) is 18.4 Å². The van der Waals surface area contributed by atoms with Crippen LogP contribution in [-0.2, 0) is 0 Å². The van der Waals surface area contributed by atoms with Crippen LogP contribution in [0.3, 0.4) is 0 Å². The van der Waals surface area contributed by atoms with E-state index in [0.29, 0.717) is 12.1 Å². The van der Waals surface area contributed by atoms with Crippen molar-refractivity contribution in [2.45, 2.75) is 26.2 Å². The largest absolute Gasteiger partial charge is 0.385 e. The molecule has 3 aromatic rings. The van der Waals surface area contributed by atoms with Crippen LogP contribution < -0.4 is 10.6 Å². The molecule has 0 saturated heterocycles. The minimum atomic E-state index is -0.0368. The van der Waals surface area contributed by atoms with Crippen LogP contribution >= 0.6 is 0 Å². The molecule has 4 heteroatoms. The van der Waals surface area contributed by atoms with Crippen LogP contribution in [0.4, 0.5) is 5.69 Å². The highest BCUT2D eigenvalue weighted by Gasteiger charge is 2.13. The van der Waals surface area contributed by atoms with Gasteiger partial charge in [-0.1, -0.05) is 50.2 Å². The molecule has 26 heavy (non-hydrogen) atoms. The highest BCUT2D eigenvalue weighted by molar-refractivity contribution is 6.06. The maximum Gasteiger partial charge on any atom is 0.252 e. The number of carbonyl (C=O) groups excluding carboxylic acids is 1. The Morgan fingerprint density at radius 2 is 1.73 bits per heavy atom. The van der Waals surface area contributed by atoms with E-state index in [2.05, 4.69) is 29.5 Å². The van der Waals surface area contributed by atoms with Crippen LogP contribution in [0.15, 0.2) is 60.7 Å². The van der Waals surface area contributed by atoms with Gasteiger partial charge in [-0.3, -0.25) is 9.78 Å². The Morgan fingerprint density at radius 1 is 1.00 bits per heavy atom. The summed E-state index contributed by atoms with van der Waals surface area (Å²) >= 11 is 0. The van der Waals surface area contributed by atoms with Crippen molar-refractivity contribution in [1.82, 2.24) is 10.3 Å². The Kier molecular flexibility index (Phi) is 5.84. The Bertz CT molecular complexity index is 875. The molecule has 0 spiro atoms. The number of anilines is 1. The summed E-state index contributed by atoms with van der Waals surface area (Å²) in [6.45, 7) is 5.63. The average Bonchev–Trinajstić information content (AvgIpc) is 2.67. The van der Waals surface area contributed by atoms with E-state index in [-0.39, 0.29) is 11.8 Å². The van der Waals surface area contributed by atoms with Gasteiger partial charge in [0.1, 0.15) is 0 Å². The zero-order chi connectivity index (χ0) is 18.4. The molecule has 1 aromatic heterocycles. The SMILES string of the molecule is CC(C)c1cc(C(=O)NCCCNc2ccccc2)c2ccccc2n1. The summed E-state index contributed by atoms with van der Waals surface area (Å²) in [5.41, 5.74) is 3.62. The van der Waals surface area contributed by atoms with Crippen molar-refractivity contribution in [3.8, 4) is 0 Å². The fraction of sp³-hybridized carbons (Fsp3) is 0.273. The fourth-order valence-electron chi connectivity index (χ4n) is 2.85. The first-order valence-corrected chi connectivity index (χ1v) is 9.12. The molecule has 3 rings (SSSR count). The number of nitrogens with zero attached hydrogens (tertiary/aromatic N) is 1. The van der Waals surface area contributed by atoms with Crippen LogP contribution in [0.25, 0.3) is 10.9 Å². The number of aromatic nitrogens is 1. The van der Waals surface area contributed by atoms with Crippen molar-refractivity contribution >= 4 is 22.5 Å². The van der Waals surface area contributed by atoms with Crippen LogP contribution in [-0.4, -0.2) is 24.0 Å². The Labute approximate surface area is 154 Å². The lowest BCUT2D eigenvalue weighted by atomic mass is 10.0. The van der Waals surface area contributed by atoms with Gasteiger partial charge >= 0.3 is 0 Å². The van der Waals surface area contributed by atoms with Gasteiger partial charge < -0.3 is 10.6 Å². The molecule has 1 amide bonds. The number of para-hydroxylation sites is 2. The zero-order valence-electron chi connectivity index (χ0n) is 15.3. The molecule has 0 aliphatic carbocycles. The monoisotopic (exact) mass is 347 g/mol. The summed E-state index contributed by atoms with van der Waals surface area (Å²) in [6, 6.07) is 19.8. The molecule has 0 atom stereocenters. The third kappa shape index (κ3) is 4.39. The lowest BCUT2D eigenvalue weighted by molar-refractivity contribution is 0.0955. The first-order valence-electron chi connectivity index (χ1n) is 9.12. The van der Waals surface area contributed by atoms with Gasteiger partial charge in [-0.25, -0.2) is 0 Å². The van der Waals surface area contributed by atoms with Crippen LogP contribution in [0.1, 0.15) is 42.2 Å². The number of hydrogen-bond donors (Lipinski definition) is 2. The second-order valence-corrected chi connectivity index (χ2v) is 6.67. The smallest absolute Gasteiger partial charge is 0.252 e. The second-order valence-electron chi connectivity index (χ2n) is 6.67. The highest BCUT2D eigenvalue weighted by Crippen LogP contribution is 2.22. The number of pyridine rings is 1. The number of rotatable bonds is 7. The minimum absolute atomic E-state index is 0.0368. The molecule has 1 heterocycles. The molecule has 2 N–H and O–H groups in total. The van der Waals surface area contributed by atoms with Gasteiger partial charge in [0.25, 0.3) is 5.91 Å². The van der Waals surface area contributed by atoms with Gasteiger partial charge in [0, 0.05) is 29.9 Å². The predicted octanol–water partition coefficient (Wildman–Crippen LogP) is 4.59. The summed E-state index contributed by atoms with van der Waals surface area (Å²) in [4.78, 5) is 17.4. The molecule has 0 fully saturated rings. The lowest BCUT2D eigenvalue weighted by Gasteiger charge is -2.12. The van der Waals surface area contributed by atoms with Crippen molar-refractivity contribution < 1.29 is 4.79 Å². The topological polar surface area (TPSA) is 54.0 Å². The zero-order valence-corrected chi connectivity index (χ0v) is 15.3. The molecule has 0 saturated carbocycles. The first kappa shape index (κ1) is 17.9. The number of nitrogens with one attached hydrogen (secondary N) is 2. The molecular formula is C22H25N3O. The van der Waals surface area contributed by atoms with Gasteiger partial charge in [0.2, 0.25) is 0 Å². The van der Waals surface area contributed by atoms with Crippen molar-refractivity contribution in [3.05, 3.63) is 71.9 Å². The van der Waals surface area contributed by atoms with E-state index >= 15 is 0 Å². The van der Waals surface area contributed by atoms with Gasteiger partial charge in [-0.2, -0.15) is 0 Å². The first-order chi connectivity index (χ1) is 12.6. The van der Waals surface area contributed by atoms with E-state index in [4.69, 9.17) is 0 Å². The summed E-state index contributed by atoms with van der Waals surface area (Å²) < 4.78 is 0. The third-order valence-electron chi connectivity index (χ3n) is 4.31.